The summed E-state index contributed by atoms with van der Waals surface area (Å²) < 4.78 is 11.4. The van der Waals surface area contributed by atoms with Gasteiger partial charge in [-0.2, -0.15) is 0 Å². The van der Waals surface area contributed by atoms with E-state index in [0.29, 0.717) is 6.61 Å². The van der Waals surface area contributed by atoms with Gasteiger partial charge in [0.15, 0.2) is 0 Å². The van der Waals surface area contributed by atoms with E-state index in [9.17, 15) is 4.79 Å². The van der Waals surface area contributed by atoms with E-state index in [1.165, 1.54) is 0 Å². The highest BCUT2D eigenvalue weighted by atomic mass is 16.5. The van der Waals surface area contributed by atoms with Gasteiger partial charge in [0.25, 0.3) is 0 Å². The van der Waals surface area contributed by atoms with Gasteiger partial charge in [-0.3, -0.25) is 9.69 Å². The molecule has 0 aliphatic carbocycles. The van der Waals surface area contributed by atoms with Crippen LogP contribution in [0.2, 0.25) is 0 Å². The third kappa shape index (κ3) is 6.18. The molecular weight excluding hydrogens is 388 g/mol. The molecule has 1 heterocycles. The van der Waals surface area contributed by atoms with Crippen molar-refractivity contribution >= 4 is 5.91 Å². The predicted molar refractivity (Wildman–Crippen MR) is 124 cm³/mol. The zero-order valence-electron chi connectivity index (χ0n) is 18.7. The first-order valence-corrected chi connectivity index (χ1v) is 11.1. The van der Waals surface area contributed by atoms with E-state index in [0.717, 1.165) is 56.0 Å². The highest BCUT2D eigenvalue weighted by molar-refractivity contribution is 5.83. The standard InChI is InChI=1S/C26H34N2O3/c1-4-18-31-25(22-12-9-13-23(19-22)30-3)20-27-14-16-28(17-15-27)26(29)24(5-2)21-10-7-6-8-11-21/h4,6-13,19,24-25H,1,5,14-18,20H2,2-3H3. The molecule has 2 aromatic rings. The van der Waals surface area contributed by atoms with Gasteiger partial charge in [0, 0.05) is 32.7 Å². The van der Waals surface area contributed by atoms with Gasteiger partial charge in [-0.05, 0) is 29.7 Å². The Bertz CT molecular complexity index is 832. The molecule has 3 rings (SSSR count). The molecule has 1 fully saturated rings. The predicted octanol–water partition coefficient (Wildman–Crippen LogP) is 4.28. The first kappa shape index (κ1) is 23.0. The molecule has 166 valence electrons. The van der Waals surface area contributed by atoms with Crippen molar-refractivity contribution in [2.45, 2.75) is 25.4 Å². The van der Waals surface area contributed by atoms with Gasteiger partial charge >= 0.3 is 0 Å². The Morgan fingerprint density at radius 1 is 1.06 bits per heavy atom. The molecule has 1 amide bonds. The number of ether oxygens (including phenoxy) is 2. The van der Waals surface area contributed by atoms with Gasteiger partial charge in [0.1, 0.15) is 5.75 Å². The molecule has 2 aromatic carbocycles. The number of hydrogen-bond acceptors (Lipinski definition) is 4. The van der Waals surface area contributed by atoms with Crippen molar-refractivity contribution in [2.75, 3.05) is 46.4 Å². The van der Waals surface area contributed by atoms with Crippen LogP contribution in [0.25, 0.3) is 0 Å². The van der Waals surface area contributed by atoms with E-state index in [-0.39, 0.29) is 17.9 Å². The number of nitrogens with zero attached hydrogens (tertiary/aromatic N) is 2. The SMILES string of the molecule is C=CCOC(CN1CCN(C(=O)C(CC)c2ccccc2)CC1)c1cccc(OC)c1. The average Bonchev–Trinajstić information content (AvgIpc) is 2.83. The first-order chi connectivity index (χ1) is 15.2. The quantitative estimate of drug-likeness (QED) is 0.536. The van der Waals surface area contributed by atoms with E-state index in [2.05, 4.69) is 36.6 Å². The fourth-order valence-corrected chi connectivity index (χ4v) is 4.12. The summed E-state index contributed by atoms with van der Waals surface area (Å²) >= 11 is 0. The Morgan fingerprint density at radius 2 is 1.77 bits per heavy atom. The van der Waals surface area contributed by atoms with Crippen LogP contribution in [-0.4, -0.2) is 62.1 Å². The number of carbonyl (C=O) groups is 1. The zero-order chi connectivity index (χ0) is 22.1. The number of piperazine rings is 1. The second kappa shape index (κ2) is 11.7. The first-order valence-electron chi connectivity index (χ1n) is 11.1. The molecule has 2 atom stereocenters. The summed E-state index contributed by atoms with van der Waals surface area (Å²) in [6.45, 7) is 10.3. The van der Waals surface area contributed by atoms with Crippen LogP contribution in [-0.2, 0) is 9.53 Å². The third-order valence-corrected chi connectivity index (χ3v) is 5.90. The fraction of sp³-hybridized carbons (Fsp3) is 0.423. The minimum Gasteiger partial charge on any atom is -0.497 e. The number of rotatable bonds is 10. The fourth-order valence-electron chi connectivity index (χ4n) is 4.12. The summed E-state index contributed by atoms with van der Waals surface area (Å²) in [6, 6.07) is 18.1. The summed E-state index contributed by atoms with van der Waals surface area (Å²) in [5, 5.41) is 0. The number of amides is 1. The molecule has 0 N–H and O–H groups in total. The number of carbonyl (C=O) groups excluding carboxylic acids is 1. The molecule has 0 saturated carbocycles. The lowest BCUT2D eigenvalue weighted by molar-refractivity contribution is -0.134. The highest BCUT2D eigenvalue weighted by Crippen LogP contribution is 2.25. The lowest BCUT2D eigenvalue weighted by atomic mass is 9.95. The molecule has 5 nitrogen and oxygen atoms in total. The summed E-state index contributed by atoms with van der Waals surface area (Å²) in [5.74, 6) is 1.00. The van der Waals surface area contributed by atoms with Crippen molar-refractivity contribution in [1.29, 1.82) is 0 Å². The second-order valence-corrected chi connectivity index (χ2v) is 7.88. The minimum absolute atomic E-state index is 0.0618. The van der Waals surface area contributed by atoms with Crippen molar-refractivity contribution in [2.24, 2.45) is 0 Å². The van der Waals surface area contributed by atoms with Crippen molar-refractivity contribution in [3.05, 3.63) is 78.4 Å². The normalized spacial score (nSPS) is 16.5. The maximum absolute atomic E-state index is 13.1. The van der Waals surface area contributed by atoms with Crippen LogP contribution in [0.15, 0.2) is 67.3 Å². The van der Waals surface area contributed by atoms with Crippen LogP contribution in [0.5, 0.6) is 5.75 Å². The number of methoxy groups -OCH3 is 1. The molecule has 31 heavy (non-hydrogen) atoms. The molecule has 1 aliphatic heterocycles. The van der Waals surface area contributed by atoms with Gasteiger partial charge in [0.05, 0.1) is 25.7 Å². The van der Waals surface area contributed by atoms with Crippen molar-refractivity contribution < 1.29 is 14.3 Å². The van der Waals surface area contributed by atoms with E-state index in [4.69, 9.17) is 9.47 Å². The molecule has 0 radical (unpaired) electrons. The van der Waals surface area contributed by atoms with E-state index in [1.807, 2.05) is 41.3 Å². The lowest BCUT2D eigenvalue weighted by Gasteiger charge is -2.37. The Morgan fingerprint density at radius 3 is 2.42 bits per heavy atom. The van der Waals surface area contributed by atoms with Crippen LogP contribution >= 0.6 is 0 Å². The Labute approximate surface area is 186 Å². The van der Waals surface area contributed by atoms with Gasteiger partial charge < -0.3 is 14.4 Å². The van der Waals surface area contributed by atoms with Crippen LogP contribution < -0.4 is 4.74 Å². The second-order valence-electron chi connectivity index (χ2n) is 7.88. The minimum atomic E-state index is -0.0666. The Kier molecular flexibility index (Phi) is 8.68. The van der Waals surface area contributed by atoms with Crippen molar-refractivity contribution in [3.8, 4) is 5.75 Å². The molecule has 1 aliphatic rings. The van der Waals surface area contributed by atoms with Crippen LogP contribution in [0.3, 0.4) is 0 Å². The largest absolute Gasteiger partial charge is 0.497 e. The summed E-state index contributed by atoms with van der Waals surface area (Å²) in [6.07, 6.45) is 2.53. The van der Waals surface area contributed by atoms with E-state index < -0.39 is 0 Å². The van der Waals surface area contributed by atoms with Crippen LogP contribution in [0, 0.1) is 0 Å². The van der Waals surface area contributed by atoms with Crippen LogP contribution in [0.4, 0.5) is 0 Å². The van der Waals surface area contributed by atoms with Gasteiger partial charge in [-0.15, -0.1) is 6.58 Å². The molecular formula is C26H34N2O3. The topological polar surface area (TPSA) is 42.0 Å². The van der Waals surface area contributed by atoms with E-state index >= 15 is 0 Å². The molecule has 5 heteroatoms. The summed E-state index contributed by atoms with van der Waals surface area (Å²) in [7, 11) is 1.67. The zero-order valence-corrected chi connectivity index (χ0v) is 18.7. The van der Waals surface area contributed by atoms with Gasteiger partial charge in [-0.25, -0.2) is 0 Å². The summed E-state index contributed by atoms with van der Waals surface area (Å²) in [4.78, 5) is 17.5. The average molecular weight is 423 g/mol. The van der Waals surface area contributed by atoms with E-state index in [1.54, 1.807) is 13.2 Å². The van der Waals surface area contributed by atoms with Crippen LogP contribution in [0.1, 0.15) is 36.5 Å². The monoisotopic (exact) mass is 422 g/mol. The third-order valence-electron chi connectivity index (χ3n) is 5.90. The van der Waals surface area contributed by atoms with Crippen molar-refractivity contribution in [1.82, 2.24) is 9.80 Å². The van der Waals surface area contributed by atoms with Crippen molar-refractivity contribution in [3.63, 3.8) is 0 Å². The molecule has 0 aromatic heterocycles. The van der Waals surface area contributed by atoms with Gasteiger partial charge in [-0.1, -0.05) is 55.5 Å². The maximum atomic E-state index is 13.1. The number of hydrogen-bond donors (Lipinski definition) is 0. The Balaban J connectivity index is 1.60. The summed E-state index contributed by atoms with van der Waals surface area (Å²) in [5.41, 5.74) is 2.20. The molecule has 2 unspecified atom stereocenters. The smallest absolute Gasteiger partial charge is 0.230 e. The van der Waals surface area contributed by atoms with Gasteiger partial charge in [0.2, 0.25) is 5.91 Å². The lowest BCUT2D eigenvalue weighted by Crippen LogP contribution is -2.50. The number of benzene rings is 2. The maximum Gasteiger partial charge on any atom is 0.230 e. The molecule has 0 spiro atoms. The Hall–Kier alpha value is -2.63. The molecule has 1 saturated heterocycles. The highest BCUT2D eigenvalue weighted by Gasteiger charge is 2.28. The molecule has 0 bridgehead atoms.